The minimum Gasteiger partial charge on any atom is -0.396 e. The average molecular weight is 175 g/mol. The standard InChI is InChI=1S/C7H13NO2S/c9-5-6-3-7(10)8(4-6)1-2-11/h6,9,11H,1-5H2. The molecule has 0 bridgehead atoms. The highest BCUT2D eigenvalue weighted by Gasteiger charge is 2.27. The molecule has 1 aliphatic heterocycles. The van der Waals surface area contributed by atoms with Gasteiger partial charge in [-0.15, -0.1) is 0 Å². The zero-order valence-corrected chi connectivity index (χ0v) is 7.26. The van der Waals surface area contributed by atoms with Crippen LogP contribution in [0.15, 0.2) is 0 Å². The Hall–Kier alpha value is -0.220. The van der Waals surface area contributed by atoms with Gasteiger partial charge in [-0.3, -0.25) is 4.79 Å². The minimum absolute atomic E-state index is 0.120. The third-order valence-corrected chi connectivity index (χ3v) is 2.12. The van der Waals surface area contributed by atoms with Crippen molar-refractivity contribution < 1.29 is 9.90 Å². The molecule has 0 aromatic carbocycles. The van der Waals surface area contributed by atoms with E-state index in [1.807, 2.05) is 0 Å². The Kier molecular flexibility index (Phi) is 3.20. The number of hydrogen-bond acceptors (Lipinski definition) is 3. The van der Waals surface area contributed by atoms with Gasteiger partial charge in [0.2, 0.25) is 5.91 Å². The summed E-state index contributed by atoms with van der Waals surface area (Å²) >= 11 is 4.04. The summed E-state index contributed by atoms with van der Waals surface area (Å²) in [5.74, 6) is 1.00. The number of nitrogens with zero attached hydrogens (tertiary/aromatic N) is 1. The number of likely N-dealkylation sites (tertiary alicyclic amines) is 1. The highest BCUT2D eigenvalue weighted by molar-refractivity contribution is 7.80. The van der Waals surface area contributed by atoms with Crippen molar-refractivity contribution in [3.8, 4) is 0 Å². The van der Waals surface area contributed by atoms with Gasteiger partial charge in [0.25, 0.3) is 0 Å². The molecule has 1 atom stereocenters. The van der Waals surface area contributed by atoms with Crippen molar-refractivity contribution in [2.45, 2.75) is 6.42 Å². The van der Waals surface area contributed by atoms with Crippen LogP contribution in [0.25, 0.3) is 0 Å². The highest BCUT2D eigenvalue weighted by atomic mass is 32.1. The van der Waals surface area contributed by atoms with E-state index in [2.05, 4.69) is 12.6 Å². The summed E-state index contributed by atoms with van der Waals surface area (Å²) in [6.07, 6.45) is 0.504. The summed E-state index contributed by atoms with van der Waals surface area (Å²) in [4.78, 5) is 12.9. The van der Waals surface area contributed by atoms with Crippen molar-refractivity contribution in [2.75, 3.05) is 25.4 Å². The van der Waals surface area contributed by atoms with Gasteiger partial charge >= 0.3 is 0 Å². The summed E-state index contributed by atoms with van der Waals surface area (Å²) in [5, 5.41) is 8.77. The van der Waals surface area contributed by atoms with Crippen LogP contribution < -0.4 is 0 Å². The number of amides is 1. The predicted molar refractivity (Wildman–Crippen MR) is 45.6 cm³/mol. The molecule has 0 aromatic rings. The van der Waals surface area contributed by atoms with E-state index in [-0.39, 0.29) is 18.4 Å². The van der Waals surface area contributed by atoms with Gasteiger partial charge in [0.05, 0.1) is 0 Å². The molecule has 4 heteroatoms. The lowest BCUT2D eigenvalue weighted by Gasteiger charge is -2.13. The molecule has 64 valence electrons. The number of thiol groups is 1. The second-order valence-corrected chi connectivity index (χ2v) is 3.26. The maximum Gasteiger partial charge on any atom is 0.223 e. The molecule has 0 aliphatic carbocycles. The molecule has 0 radical (unpaired) electrons. The lowest BCUT2D eigenvalue weighted by molar-refractivity contribution is -0.127. The zero-order chi connectivity index (χ0) is 8.27. The molecule has 1 heterocycles. The third-order valence-electron chi connectivity index (χ3n) is 1.92. The first-order valence-electron chi connectivity index (χ1n) is 3.77. The number of carbonyl (C=O) groups is 1. The Morgan fingerprint density at radius 1 is 1.73 bits per heavy atom. The van der Waals surface area contributed by atoms with Crippen LogP contribution in [0.2, 0.25) is 0 Å². The van der Waals surface area contributed by atoms with Crippen LogP contribution in [-0.2, 0) is 4.79 Å². The highest BCUT2D eigenvalue weighted by Crippen LogP contribution is 2.16. The molecule has 3 nitrogen and oxygen atoms in total. The Labute approximate surface area is 71.8 Å². The lowest BCUT2D eigenvalue weighted by atomic mass is 10.1. The molecule has 0 spiro atoms. The zero-order valence-electron chi connectivity index (χ0n) is 6.36. The van der Waals surface area contributed by atoms with E-state index in [4.69, 9.17) is 5.11 Å². The summed E-state index contributed by atoms with van der Waals surface area (Å²) in [5.41, 5.74) is 0. The molecule has 1 aliphatic rings. The van der Waals surface area contributed by atoms with E-state index in [9.17, 15) is 4.79 Å². The van der Waals surface area contributed by atoms with E-state index in [0.29, 0.717) is 25.3 Å². The first kappa shape index (κ1) is 8.87. The maximum atomic E-state index is 11.1. The van der Waals surface area contributed by atoms with E-state index in [1.165, 1.54) is 0 Å². The average Bonchev–Trinajstić information content (AvgIpc) is 2.33. The monoisotopic (exact) mass is 175 g/mol. The topological polar surface area (TPSA) is 40.5 Å². The number of aliphatic hydroxyl groups excluding tert-OH is 1. The maximum absolute atomic E-state index is 11.1. The van der Waals surface area contributed by atoms with Crippen LogP contribution in [0, 0.1) is 5.92 Å². The van der Waals surface area contributed by atoms with Gasteiger partial charge in [0.15, 0.2) is 0 Å². The fourth-order valence-corrected chi connectivity index (χ4v) is 1.55. The largest absolute Gasteiger partial charge is 0.396 e. The lowest BCUT2D eigenvalue weighted by Crippen LogP contribution is -2.27. The smallest absolute Gasteiger partial charge is 0.223 e. The molecule has 0 aromatic heterocycles. The van der Waals surface area contributed by atoms with E-state index < -0.39 is 0 Å². The first-order chi connectivity index (χ1) is 5.27. The van der Waals surface area contributed by atoms with Crippen molar-refractivity contribution in [1.29, 1.82) is 0 Å². The molecule has 1 rings (SSSR count). The Bertz CT molecular complexity index is 151. The van der Waals surface area contributed by atoms with Crippen molar-refractivity contribution in [2.24, 2.45) is 5.92 Å². The van der Waals surface area contributed by atoms with E-state index in [0.717, 1.165) is 0 Å². The van der Waals surface area contributed by atoms with Gasteiger partial charge in [-0.2, -0.15) is 12.6 Å². The molecule has 1 unspecified atom stereocenters. The quantitative estimate of drug-likeness (QED) is 0.581. The summed E-state index contributed by atoms with van der Waals surface area (Å²) in [6.45, 7) is 1.53. The summed E-state index contributed by atoms with van der Waals surface area (Å²) < 4.78 is 0. The van der Waals surface area contributed by atoms with Gasteiger partial charge in [-0.05, 0) is 0 Å². The summed E-state index contributed by atoms with van der Waals surface area (Å²) in [6, 6.07) is 0. The van der Waals surface area contributed by atoms with Crippen LogP contribution >= 0.6 is 12.6 Å². The van der Waals surface area contributed by atoms with Crippen molar-refractivity contribution in [1.82, 2.24) is 4.90 Å². The van der Waals surface area contributed by atoms with Gasteiger partial charge in [-0.25, -0.2) is 0 Å². The SMILES string of the molecule is O=C1CC(CO)CN1CCS. The Morgan fingerprint density at radius 2 is 2.45 bits per heavy atom. The van der Waals surface area contributed by atoms with Crippen molar-refractivity contribution >= 4 is 18.5 Å². The number of aliphatic hydroxyl groups is 1. The molecule has 1 saturated heterocycles. The van der Waals surface area contributed by atoms with Crippen LogP contribution in [-0.4, -0.2) is 41.4 Å². The fourth-order valence-electron chi connectivity index (χ4n) is 1.31. The second kappa shape index (κ2) is 3.97. The van der Waals surface area contributed by atoms with Gasteiger partial charge in [0, 0.05) is 37.8 Å². The number of carbonyl (C=O) groups excluding carboxylic acids is 1. The molecular weight excluding hydrogens is 162 g/mol. The van der Waals surface area contributed by atoms with Gasteiger partial charge in [-0.1, -0.05) is 0 Å². The van der Waals surface area contributed by atoms with Crippen LogP contribution in [0.4, 0.5) is 0 Å². The van der Waals surface area contributed by atoms with Gasteiger partial charge < -0.3 is 10.0 Å². The van der Waals surface area contributed by atoms with Crippen molar-refractivity contribution in [3.63, 3.8) is 0 Å². The Morgan fingerprint density at radius 3 is 2.91 bits per heavy atom. The molecule has 0 saturated carbocycles. The number of hydrogen-bond donors (Lipinski definition) is 2. The van der Waals surface area contributed by atoms with Crippen molar-refractivity contribution in [3.05, 3.63) is 0 Å². The molecular formula is C7H13NO2S. The summed E-state index contributed by atoms with van der Waals surface area (Å²) in [7, 11) is 0. The third kappa shape index (κ3) is 2.10. The van der Waals surface area contributed by atoms with Crippen LogP contribution in [0.3, 0.4) is 0 Å². The second-order valence-electron chi connectivity index (χ2n) is 2.82. The predicted octanol–water partition coefficient (Wildman–Crippen LogP) is -0.243. The van der Waals surface area contributed by atoms with E-state index in [1.54, 1.807) is 4.90 Å². The normalized spacial score (nSPS) is 24.7. The van der Waals surface area contributed by atoms with Crippen LogP contribution in [0.5, 0.6) is 0 Å². The molecule has 1 fully saturated rings. The van der Waals surface area contributed by atoms with Gasteiger partial charge in [0.1, 0.15) is 0 Å². The fraction of sp³-hybridized carbons (Fsp3) is 0.857. The number of rotatable bonds is 3. The first-order valence-corrected chi connectivity index (χ1v) is 4.40. The minimum atomic E-state index is 0.120. The van der Waals surface area contributed by atoms with Crippen LogP contribution in [0.1, 0.15) is 6.42 Å². The molecule has 1 N–H and O–H groups in total. The molecule has 11 heavy (non-hydrogen) atoms. The van der Waals surface area contributed by atoms with E-state index >= 15 is 0 Å². The molecule has 1 amide bonds. The Balaban J connectivity index is 2.38.